The molecule has 0 spiro atoms. The van der Waals surface area contributed by atoms with Crippen molar-refractivity contribution in [2.75, 3.05) is 22.9 Å². The van der Waals surface area contributed by atoms with Gasteiger partial charge in [-0.2, -0.15) is 11.8 Å². The Morgan fingerprint density at radius 3 is 2.50 bits per heavy atom. The van der Waals surface area contributed by atoms with Crippen molar-refractivity contribution in [1.29, 1.82) is 0 Å². The largest absolute Gasteiger partial charge is 0.353 e. The van der Waals surface area contributed by atoms with Crippen LogP contribution in [0.4, 0.5) is 5.69 Å². The third kappa shape index (κ3) is 6.72. The summed E-state index contributed by atoms with van der Waals surface area (Å²) in [7, 11) is -3.65. The molecule has 5 nitrogen and oxygen atoms in total. The molecule has 2 rings (SSSR count). The lowest BCUT2D eigenvalue weighted by Gasteiger charge is -2.28. The molecule has 0 aliphatic rings. The summed E-state index contributed by atoms with van der Waals surface area (Å²) < 4.78 is 25.6. The van der Waals surface area contributed by atoms with Gasteiger partial charge < -0.3 is 5.32 Å². The van der Waals surface area contributed by atoms with Crippen LogP contribution in [0.5, 0.6) is 0 Å². The number of rotatable bonds is 9. The average molecular weight is 441 g/mol. The fraction of sp³-hybridized carbons (Fsp3) is 0.350. The molecule has 0 unspecified atom stereocenters. The second kappa shape index (κ2) is 10.2. The van der Waals surface area contributed by atoms with Crippen molar-refractivity contribution in [3.05, 3.63) is 64.7 Å². The molecule has 28 heavy (non-hydrogen) atoms. The number of carbonyl (C=O) groups excluding carboxylic acids is 1. The Morgan fingerprint density at radius 2 is 1.89 bits per heavy atom. The minimum atomic E-state index is -3.65. The molecule has 0 heterocycles. The molecule has 0 fully saturated rings. The van der Waals surface area contributed by atoms with Gasteiger partial charge in [-0.25, -0.2) is 8.42 Å². The van der Waals surface area contributed by atoms with Crippen LogP contribution in [0.1, 0.15) is 18.1 Å². The van der Waals surface area contributed by atoms with Crippen molar-refractivity contribution in [3.63, 3.8) is 0 Å². The highest BCUT2D eigenvalue weighted by molar-refractivity contribution is 7.98. The minimum Gasteiger partial charge on any atom is -0.353 e. The van der Waals surface area contributed by atoms with E-state index in [-0.39, 0.29) is 5.91 Å². The molecule has 0 radical (unpaired) electrons. The fourth-order valence-electron chi connectivity index (χ4n) is 2.69. The highest BCUT2D eigenvalue weighted by Gasteiger charge is 2.28. The highest BCUT2D eigenvalue weighted by Crippen LogP contribution is 2.24. The predicted octanol–water partition coefficient (Wildman–Crippen LogP) is 3.85. The Balaban J connectivity index is 1.89. The van der Waals surface area contributed by atoms with E-state index in [1.54, 1.807) is 36.9 Å². The molecule has 0 saturated heterocycles. The summed E-state index contributed by atoms with van der Waals surface area (Å²) in [6.45, 7) is 4.08. The second-order valence-electron chi connectivity index (χ2n) is 6.54. The van der Waals surface area contributed by atoms with E-state index in [1.165, 1.54) is 17.2 Å². The van der Waals surface area contributed by atoms with Gasteiger partial charge in [0.1, 0.15) is 6.04 Å². The smallest absolute Gasteiger partial charge is 0.243 e. The maximum Gasteiger partial charge on any atom is 0.243 e. The number of hydrogen-bond donors (Lipinski definition) is 1. The van der Waals surface area contributed by atoms with Gasteiger partial charge in [-0.05, 0) is 37.6 Å². The summed E-state index contributed by atoms with van der Waals surface area (Å²) in [5.41, 5.74) is 2.83. The summed E-state index contributed by atoms with van der Waals surface area (Å²) in [6, 6.07) is 13.9. The number of carbonyl (C=O) groups is 1. The Labute approximate surface area is 176 Å². The number of amides is 1. The van der Waals surface area contributed by atoms with Crippen LogP contribution in [0.15, 0.2) is 48.5 Å². The van der Waals surface area contributed by atoms with Crippen LogP contribution in [0.25, 0.3) is 0 Å². The van der Waals surface area contributed by atoms with Gasteiger partial charge in [-0.1, -0.05) is 47.5 Å². The van der Waals surface area contributed by atoms with E-state index in [0.29, 0.717) is 17.3 Å². The monoisotopic (exact) mass is 440 g/mol. The third-order valence-corrected chi connectivity index (χ3v) is 6.59. The molecule has 152 valence electrons. The lowest BCUT2D eigenvalue weighted by Crippen LogP contribution is -2.48. The Morgan fingerprint density at radius 1 is 1.21 bits per heavy atom. The summed E-state index contributed by atoms with van der Waals surface area (Å²) in [6.07, 6.45) is 1.08. The van der Waals surface area contributed by atoms with Gasteiger partial charge in [0.15, 0.2) is 0 Å². The molecule has 2 aromatic rings. The van der Waals surface area contributed by atoms with Crippen LogP contribution < -0.4 is 9.62 Å². The number of nitrogens with one attached hydrogen (secondary N) is 1. The van der Waals surface area contributed by atoms with Crippen LogP contribution in [0, 0.1) is 6.92 Å². The van der Waals surface area contributed by atoms with Gasteiger partial charge in [0.05, 0.1) is 11.9 Å². The van der Waals surface area contributed by atoms with Crippen LogP contribution in [-0.2, 0) is 20.6 Å². The first-order valence-electron chi connectivity index (χ1n) is 8.84. The van der Waals surface area contributed by atoms with Crippen LogP contribution in [0.2, 0.25) is 5.02 Å². The summed E-state index contributed by atoms with van der Waals surface area (Å²) in [5, 5.41) is 3.22. The molecular weight excluding hydrogens is 416 g/mol. The second-order valence-corrected chi connectivity index (χ2v) is 9.94. The van der Waals surface area contributed by atoms with Crippen molar-refractivity contribution < 1.29 is 13.2 Å². The molecule has 1 amide bonds. The van der Waals surface area contributed by atoms with Gasteiger partial charge in [-0.3, -0.25) is 9.10 Å². The standard InChI is InChI=1S/C20H25ClN2O3S2/c1-15-7-9-17(10-8-15)14-27-12-11-22-20(24)16(2)23(28(3,25)26)19-6-4-5-18(21)13-19/h4-10,13,16H,11-12,14H2,1-3H3,(H,22,24)/t16-/m0/s1. The lowest BCUT2D eigenvalue weighted by atomic mass is 10.2. The number of nitrogens with zero attached hydrogens (tertiary/aromatic N) is 1. The Hall–Kier alpha value is -1.70. The van der Waals surface area contributed by atoms with E-state index in [1.807, 2.05) is 0 Å². The van der Waals surface area contributed by atoms with E-state index in [2.05, 4.69) is 36.5 Å². The molecule has 0 aromatic heterocycles. The molecule has 2 aromatic carbocycles. The molecule has 1 atom stereocenters. The minimum absolute atomic E-state index is 0.346. The zero-order chi connectivity index (χ0) is 20.7. The summed E-state index contributed by atoms with van der Waals surface area (Å²) in [4.78, 5) is 12.5. The molecule has 0 aliphatic heterocycles. The van der Waals surface area contributed by atoms with Crippen molar-refractivity contribution in [2.45, 2.75) is 25.6 Å². The van der Waals surface area contributed by atoms with Crippen LogP contribution in [0.3, 0.4) is 0 Å². The fourth-order valence-corrected chi connectivity index (χ4v) is 4.86. The first-order chi connectivity index (χ1) is 13.2. The van der Waals surface area contributed by atoms with E-state index < -0.39 is 16.1 Å². The van der Waals surface area contributed by atoms with Gasteiger partial charge in [0.25, 0.3) is 0 Å². The van der Waals surface area contributed by atoms with Crippen molar-refractivity contribution in [2.24, 2.45) is 0 Å². The van der Waals surface area contributed by atoms with Crippen LogP contribution in [-0.4, -0.2) is 38.9 Å². The van der Waals surface area contributed by atoms with Gasteiger partial charge in [-0.15, -0.1) is 0 Å². The van der Waals surface area contributed by atoms with Crippen molar-refractivity contribution in [1.82, 2.24) is 5.32 Å². The number of hydrogen-bond acceptors (Lipinski definition) is 4. The van der Waals surface area contributed by atoms with E-state index in [4.69, 9.17) is 11.6 Å². The Bertz CT molecular complexity index is 902. The first-order valence-corrected chi connectivity index (χ1v) is 12.2. The number of anilines is 1. The summed E-state index contributed by atoms with van der Waals surface area (Å²) >= 11 is 7.69. The van der Waals surface area contributed by atoms with Gasteiger partial charge in [0, 0.05) is 23.1 Å². The molecule has 0 saturated carbocycles. The van der Waals surface area contributed by atoms with Crippen LogP contribution >= 0.6 is 23.4 Å². The summed E-state index contributed by atoms with van der Waals surface area (Å²) in [5.74, 6) is 1.26. The number of sulfonamides is 1. The molecule has 1 N–H and O–H groups in total. The number of benzene rings is 2. The predicted molar refractivity (Wildman–Crippen MR) is 119 cm³/mol. The average Bonchev–Trinajstić information content (AvgIpc) is 2.61. The number of thioether (sulfide) groups is 1. The van der Waals surface area contributed by atoms with E-state index in [9.17, 15) is 13.2 Å². The lowest BCUT2D eigenvalue weighted by molar-refractivity contribution is -0.121. The maximum absolute atomic E-state index is 12.5. The quantitative estimate of drug-likeness (QED) is 0.601. The van der Waals surface area contributed by atoms with E-state index >= 15 is 0 Å². The number of aryl methyl sites for hydroxylation is 1. The Kier molecular flexibility index (Phi) is 8.22. The number of halogens is 1. The zero-order valence-corrected chi connectivity index (χ0v) is 18.6. The zero-order valence-electron chi connectivity index (χ0n) is 16.2. The molecule has 0 bridgehead atoms. The molecular formula is C20H25ClN2O3S2. The molecule has 0 aliphatic carbocycles. The van der Waals surface area contributed by atoms with Gasteiger partial charge >= 0.3 is 0 Å². The van der Waals surface area contributed by atoms with Gasteiger partial charge in [0.2, 0.25) is 15.9 Å². The SMILES string of the molecule is Cc1ccc(CSCCNC(=O)[C@H](C)N(c2cccc(Cl)c2)S(C)(=O)=O)cc1. The van der Waals surface area contributed by atoms with Crippen molar-refractivity contribution >= 4 is 45.0 Å². The topological polar surface area (TPSA) is 66.5 Å². The maximum atomic E-state index is 12.5. The molecule has 8 heteroatoms. The van der Waals surface area contributed by atoms with Crippen molar-refractivity contribution in [3.8, 4) is 0 Å². The van der Waals surface area contributed by atoms with E-state index in [0.717, 1.165) is 22.1 Å². The first kappa shape index (κ1) is 22.6. The third-order valence-electron chi connectivity index (χ3n) is 4.09. The normalized spacial score (nSPS) is 12.4. The highest BCUT2D eigenvalue weighted by atomic mass is 35.5.